The number of nitrogens with zero attached hydrogens (tertiary/aromatic N) is 3. The molecule has 0 aliphatic rings. The maximum atomic E-state index is 11.7. The number of amides is 1. The van der Waals surface area contributed by atoms with E-state index in [4.69, 9.17) is 0 Å². The summed E-state index contributed by atoms with van der Waals surface area (Å²) in [5, 5.41) is 6.07. The molecule has 0 unspecified atom stereocenters. The molecule has 0 aromatic carbocycles. The highest BCUT2D eigenvalue weighted by atomic mass is 32.2. The van der Waals surface area contributed by atoms with Crippen molar-refractivity contribution in [2.24, 2.45) is 0 Å². The molecule has 5 nitrogen and oxygen atoms in total. The number of carbonyl (C=O) groups excluding carboxylic acids is 1. The highest BCUT2D eigenvalue weighted by Gasteiger charge is 2.07. The maximum Gasteiger partial charge on any atom is 0.226 e. The summed E-state index contributed by atoms with van der Waals surface area (Å²) < 4.78 is 0. The zero-order valence-electron chi connectivity index (χ0n) is 11.6. The lowest BCUT2D eigenvalue weighted by atomic mass is 10.4. The van der Waals surface area contributed by atoms with E-state index in [-0.39, 0.29) is 5.91 Å². The van der Waals surface area contributed by atoms with Crippen LogP contribution in [-0.2, 0) is 4.79 Å². The van der Waals surface area contributed by atoms with E-state index in [1.807, 2.05) is 32.2 Å². The molecule has 0 saturated heterocycles. The zero-order valence-corrected chi connectivity index (χ0v) is 13.3. The first-order valence-corrected chi connectivity index (χ1v) is 8.06. The van der Waals surface area contributed by atoms with Gasteiger partial charge >= 0.3 is 0 Å². The largest absolute Gasteiger partial charge is 0.302 e. The van der Waals surface area contributed by atoms with Gasteiger partial charge in [-0.2, -0.15) is 0 Å². The molecule has 0 aliphatic carbocycles. The van der Waals surface area contributed by atoms with E-state index in [1.165, 1.54) is 23.1 Å². The molecule has 2 rings (SSSR count). The monoisotopic (exact) mass is 308 g/mol. The quantitative estimate of drug-likeness (QED) is 0.679. The summed E-state index contributed by atoms with van der Waals surface area (Å²) in [7, 11) is 0. The Hall–Kier alpha value is -1.47. The SMILES string of the molecule is Cc1cc(C)nc(SCCC(=O)Nc2nc(C)cs2)n1. The number of thiazole rings is 1. The second-order valence-electron chi connectivity index (χ2n) is 4.37. The average molecular weight is 308 g/mol. The van der Waals surface area contributed by atoms with E-state index in [0.29, 0.717) is 17.3 Å². The number of anilines is 1. The minimum absolute atomic E-state index is 0.0313. The van der Waals surface area contributed by atoms with Gasteiger partial charge in [0.25, 0.3) is 0 Å². The van der Waals surface area contributed by atoms with Crippen molar-refractivity contribution >= 4 is 34.1 Å². The Balaban J connectivity index is 1.79. The van der Waals surface area contributed by atoms with Crippen LogP contribution in [0.15, 0.2) is 16.6 Å². The number of hydrogen-bond acceptors (Lipinski definition) is 6. The normalized spacial score (nSPS) is 10.6. The Kier molecular flexibility index (Phi) is 5.08. The average Bonchev–Trinajstić information content (AvgIpc) is 2.73. The van der Waals surface area contributed by atoms with Crippen LogP contribution in [0, 0.1) is 20.8 Å². The first-order valence-electron chi connectivity index (χ1n) is 6.20. The van der Waals surface area contributed by atoms with E-state index in [0.717, 1.165) is 22.2 Å². The van der Waals surface area contributed by atoms with Crippen LogP contribution < -0.4 is 5.32 Å². The van der Waals surface area contributed by atoms with Gasteiger partial charge in [-0.3, -0.25) is 4.79 Å². The lowest BCUT2D eigenvalue weighted by molar-refractivity contribution is -0.115. The van der Waals surface area contributed by atoms with E-state index in [1.54, 1.807) is 0 Å². The molecule has 7 heteroatoms. The van der Waals surface area contributed by atoms with Crippen molar-refractivity contribution in [3.8, 4) is 0 Å². The van der Waals surface area contributed by atoms with Gasteiger partial charge in [-0.25, -0.2) is 15.0 Å². The predicted molar refractivity (Wildman–Crippen MR) is 82.3 cm³/mol. The number of rotatable bonds is 5. The van der Waals surface area contributed by atoms with E-state index < -0.39 is 0 Å². The lowest BCUT2D eigenvalue weighted by Crippen LogP contribution is -2.12. The smallest absolute Gasteiger partial charge is 0.226 e. The molecule has 1 N–H and O–H groups in total. The lowest BCUT2D eigenvalue weighted by Gasteiger charge is -2.03. The van der Waals surface area contributed by atoms with Gasteiger partial charge < -0.3 is 5.32 Å². The Bertz CT molecular complexity index is 592. The summed E-state index contributed by atoms with van der Waals surface area (Å²) in [5.74, 6) is 0.621. The molecule has 2 aromatic rings. The van der Waals surface area contributed by atoms with Crippen LogP contribution in [0.1, 0.15) is 23.5 Å². The molecule has 2 heterocycles. The molecule has 0 bridgehead atoms. The van der Waals surface area contributed by atoms with Gasteiger partial charge in [0, 0.05) is 28.9 Å². The van der Waals surface area contributed by atoms with Crippen LogP contribution in [0.5, 0.6) is 0 Å². The second-order valence-corrected chi connectivity index (χ2v) is 6.29. The number of aryl methyl sites for hydroxylation is 3. The van der Waals surface area contributed by atoms with E-state index in [2.05, 4.69) is 20.3 Å². The van der Waals surface area contributed by atoms with Crippen LogP contribution >= 0.6 is 23.1 Å². The van der Waals surface area contributed by atoms with Gasteiger partial charge in [-0.05, 0) is 26.8 Å². The molecule has 0 radical (unpaired) electrons. The maximum absolute atomic E-state index is 11.7. The predicted octanol–water partition coefficient (Wildman–Crippen LogP) is 2.98. The zero-order chi connectivity index (χ0) is 14.5. The van der Waals surface area contributed by atoms with Crippen molar-refractivity contribution in [2.75, 3.05) is 11.1 Å². The van der Waals surface area contributed by atoms with Crippen molar-refractivity contribution < 1.29 is 4.79 Å². The van der Waals surface area contributed by atoms with Gasteiger partial charge in [-0.15, -0.1) is 11.3 Å². The second kappa shape index (κ2) is 6.81. The summed E-state index contributed by atoms with van der Waals surface area (Å²) in [5.41, 5.74) is 2.81. The molecule has 106 valence electrons. The summed E-state index contributed by atoms with van der Waals surface area (Å²) in [4.78, 5) is 24.6. The van der Waals surface area contributed by atoms with Crippen molar-refractivity contribution in [3.63, 3.8) is 0 Å². The molecule has 0 saturated carbocycles. The fraction of sp³-hybridized carbons (Fsp3) is 0.385. The van der Waals surface area contributed by atoms with Crippen LogP contribution in [-0.4, -0.2) is 26.6 Å². The number of aromatic nitrogens is 3. The van der Waals surface area contributed by atoms with Crippen molar-refractivity contribution in [2.45, 2.75) is 32.3 Å². The summed E-state index contributed by atoms with van der Waals surface area (Å²) >= 11 is 2.93. The van der Waals surface area contributed by atoms with Crippen molar-refractivity contribution in [3.05, 3.63) is 28.5 Å². The first-order chi connectivity index (χ1) is 9.52. The Morgan fingerprint density at radius 3 is 2.50 bits per heavy atom. The third-order valence-electron chi connectivity index (χ3n) is 2.39. The topological polar surface area (TPSA) is 67.8 Å². The molecule has 0 aliphatic heterocycles. The van der Waals surface area contributed by atoms with Crippen LogP contribution in [0.3, 0.4) is 0 Å². The fourth-order valence-corrected chi connectivity index (χ4v) is 3.18. The van der Waals surface area contributed by atoms with E-state index >= 15 is 0 Å². The molecule has 20 heavy (non-hydrogen) atoms. The summed E-state index contributed by atoms with van der Waals surface area (Å²) in [6, 6.07) is 1.93. The van der Waals surface area contributed by atoms with Gasteiger partial charge in [0.15, 0.2) is 10.3 Å². The minimum atomic E-state index is -0.0313. The van der Waals surface area contributed by atoms with Crippen molar-refractivity contribution in [1.82, 2.24) is 15.0 Å². The van der Waals surface area contributed by atoms with Crippen molar-refractivity contribution in [1.29, 1.82) is 0 Å². The Morgan fingerprint density at radius 2 is 1.90 bits per heavy atom. The standard InChI is InChI=1S/C13H16N4OS2/c1-8-6-9(2)15-12(14-8)19-5-4-11(18)17-13-16-10(3)7-20-13/h6-7H,4-5H2,1-3H3,(H,16,17,18). The fourth-order valence-electron chi connectivity index (χ4n) is 1.59. The third-order valence-corrected chi connectivity index (χ3v) is 4.11. The molecular weight excluding hydrogens is 292 g/mol. The Morgan fingerprint density at radius 1 is 1.20 bits per heavy atom. The van der Waals surface area contributed by atoms with Gasteiger partial charge in [0.1, 0.15) is 0 Å². The van der Waals surface area contributed by atoms with Gasteiger partial charge in [0.05, 0.1) is 5.69 Å². The van der Waals surface area contributed by atoms with E-state index in [9.17, 15) is 4.79 Å². The number of thioether (sulfide) groups is 1. The summed E-state index contributed by atoms with van der Waals surface area (Å²) in [6.07, 6.45) is 0.416. The molecule has 0 spiro atoms. The molecular formula is C13H16N4OS2. The highest BCUT2D eigenvalue weighted by molar-refractivity contribution is 7.99. The first kappa shape index (κ1) is 14.9. The van der Waals surface area contributed by atoms with Gasteiger partial charge in [-0.1, -0.05) is 11.8 Å². The van der Waals surface area contributed by atoms with Crippen LogP contribution in [0.4, 0.5) is 5.13 Å². The number of hydrogen-bond donors (Lipinski definition) is 1. The van der Waals surface area contributed by atoms with Crippen LogP contribution in [0.25, 0.3) is 0 Å². The minimum Gasteiger partial charge on any atom is -0.302 e. The molecule has 2 aromatic heterocycles. The molecule has 0 fully saturated rings. The number of carbonyl (C=O) groups is 1. The van der Waals surface area contributed by atoms with Crippen LogP contribution in [0.2, 0.25) is 0 Å². The number of nitrogens with one attached hydrogen (secondary N) is 1. The Labute approximate surface area is 126 Å². The summed E-state index contributed by atoms with van der Waals surface area (Å²) in [6.45, 7) is 5.78. The highest BCUT2D eigenvalue weighted by Crippen LogP contribution is 2.17. The molecule has 0 atom stereocenters. The van der Waals surface area contributed by atoms with Gasteiger partial charge in [0.2, 0.25) is 5.91 Å². The third kappa shape index (κ3) is 4.57. The molecule has 1 amide bonds.